The fraction of sp³-hybridized carbons (Fsp3) is 0.571. The van der Waals surface area contributed by atoms with Crippen molar-refractivity contribution in [2.45, 2.75) is 30.8 Å². The molecule has 0 aliphatic rings. The predicted molar refractivity (Wildman–Crippen MR) is 86.3 cm³/mol. The summed E-state index contributed by atoms with van der Waals surface area (Å²) in [7, 11) is -2.05. The molecule has 7 heteroatoms. The van der Waals surface area contributed by atoms with E-state index in [9.17, 15) is 13.5 Å². The molecule has 1 aromatic rings. The van der Waals surface area contributed by atoms with Crippen LogP contribution in [0, 0.1) is 0 Å². The molecule has 0 radical (unpaired) electrons. The van der Waals surface area contributed by atoms with E-state index in [0.717, 1.165) is 25.0 Å². The highest BCUT2D eigenvalue weighted by Gasteiger charge is 2.15. The van der Waals surface area contributed by atoms with Crippen LogP contribution in [0.5, 0.6) is 5.75 Å². The Morgan fingerprint density at radius 1 is 1.29 bits per heavy atom. The van der Waals surface area contributed by atoms with Crippen LogP contribution in [-0.4, -0.2) is 39.2 Å². The van der Waals surface area contributed by atoms with Crippen molar-refractivity contribution in [1.29, 1.82) is 0 Å². The number of unbranched alkanes of at least 4 members (excludes halogenated alkanes) is 2. The van der Waals surface area contributed by atoms with Crippen LogP contribution in [0.15, 0.2) is 23.1 Å². The van der Waals surface area contributed by atoms with Crippen molar-refractivity contribution in [1.82, 2.24) is 4.72 Å². The lowest BCUT2D eigenvalue weighted by molar-refractivity contribution is 0.273. The summed E-state index contributed by atoms with van der Waals surface area (Å²) in [5.74, 6) is 1.58. The largest absolute Gasteiger partial charge is 0.496 e. The summed E-state index contributed by atoms with van der Waals surface area (Å²) < 4.78 is 31.9. The number of methoxy groups -OCH3 is 1. The van der Waals surface area contributed by atoms with Gasteiger partial charge in [-0.3, -0.25) is 0 Å². The number of hydrogen-bond acceptors (Lipinski definition) is 5. The Labute approximate surface area is 131 Å². The van der Waals surface area contributed by atoms with Crippen molar-refractivity contribution < 1.29 is 18.3 Å². The molecule has 0 amide bonds. The van der Waals surface area contributed by atoms with Gasteiger partial charge in [-0.2, -0.15) is 11.8 Å². The summed E-state index contributed by atoms with van der Waals surface area (Å²) in [5, 5.41) is 9.24. The zero-order valence-electron chi connectivity index (χ0n) is 12.5. The summed E-state index contributed by atoms with van der Waals surface area (Å²) in [4.78, 5) is 0.150. The topological polar surface area (TPSA) is 75.6 Å². The maximum Gasteiger partial charge on any atom is 0.240 e. The molecule has 0 saturated heterocycles. The van der Waals surface area contributed by atoms with Gasteiger partial charge in [0.25, 0.3) is 0 Å². The molecule has 120 valence electrons. The second-order valence-electron chi connectivity index (χ2n) is 4.58. The van der Waals surface area contributed by atoms with E-state index in [0.29, 0.717) is 17.9 Å². The van der Waals surface area contributed by atoms with E-state index in [1.807, 2.05) is 0 Å². The van der Waals surface area contributed by atoms with Gasteiger partial charge in [0.15, 0.2) is 0 Å². The molecular formula is C14H23NO4S2. The molecule has 0 unspecified atom stereocenters. The average molecular weight is 333 g/mol. The maximum atomic E-state index is 12.2. The van der Waals surface area contributed by atoms with Crippen molar-refractivity contribution in [2.24, 2.45) is 0 Å². The highest BCUT2D eigenvalue weighted by atomic mass is 32.2. The van der Waals surface area contributed by atoms with Crippen molar-refractivity contribution in [2.75, 3.05) is 25.7 Å². The van der Waals surface area contributed by atoms with Gasteiger partial charge in [0.2, 0.25) is 10.0 Å². The monoisotopic (exact) mass is 333 g/mol. The third-order valence-electron chi connectivity index (χ3n) is 3.05. The number of rotatable bonds is 10. The SMILES string of the molecule is COc1ccc(S(=O)(=O)NCCCCCSC)cc1CO. The Balaban J connectivity index is 2.62. The standard InChI is InChI=1S/C14H23NO4S2/c1-19-14-7-6-13(10-12(14)11-16)21(17,18)15-8-4-3-5-9-20-2/h6-7,10,15-16H,3-5,8-9,11H2,1-2H3. The van der Waals surface area contributed by atoms with E-state index < -0.39 is 10.0 Å². The third kappa shape index (κ3) is 5.86. The second-order valence-corrected chi connectivity index (χ2v) is 7.34. The Bertz CT molecular complexity index is 532. The summed E-state index contributed by atoms with van der Waals surface area (Å²) in [6.45, 7) is 0.165. The lowest BCUT2D eigenvalue weighted by Crippen LogP contribution is -2.25. The Morgan fingerprint density at radius 3 is 2.67 bits per heavy atom. The van der Waals surface area contributed by atoms with E-state index in [1.165, 1.54) is 19.2 Å². The minimum absolute atomic E-state index is 0.150. The maximum absolute atomic E-state index is 12.2. The lowest BCUT2D eigenvalue weighted by Gasteiger charge is -2.10. The van der Waals surface area contributed by atoms with Crippen molar-refractivity contribution >= 4 is 21.8 Å². The van der Waals surface area contributed by atoms with E-state index >= 15 is 0 Å². The zero-order chi connectivity index (χ0) is 15.7. The second kappa shape index (κ2) is 9.30. The number of thioether (sulfide) groups is 1. The van der Waals surface area contributed by atoms with Crippen LogP contribution in [0.25, 0.3) is 0 Å². The minimum Gasteiger partial charge on any atom is -0.496 e. The van der Waals surface area contributed by atoms with Gasteiger partial charge in [-0.15, -0.1) is 0 Å². The van der Waals surface area contributed by atoms with Gasteiger partial charge in [0.1, 0.15) is 5.75 Å². The number of nitrogens with one attached hydrogen (secondary N) is 1. The van der Waals surface area contributed by atoms with Gasteiger partial charge in [-0.05, 0) is 43.0 Å². The quantitative estimate of drug-likeness (QED) is 0.641. The summed E-state index contributed by atoms with van der Waals surface area (Å²) in [6, 6.07) is 4.47. The summed E-state index contributed by atoms with van der Waals surface area (Å²) >= 11 is 1.80. The molecule has 21 heavy (non-hydrogen) atoms. The van der Waals surface area contributed by atoms with E-state index in [1.54, 1.807) is 17.8 Å². The van der Waals surface area contributed by atoms with Crippen LogP contribution < -0.4 is 9.46 Å². The van der Waals surface area contributed by atoms with Crippen LogP contribution in [0.3, 0.4) is 0 Å². The van der Waals surface area contributed by atoms with E-state index in [2.05, 4.69) is 11.0 Å². The molecule has 0 aromatic heterocycles. The fourth-order valence-electron chi connectivity index (χ4n) is 1.88. The molecule has 0 heterocycles. The van der Waals surface area contributed by atoms with Crippen LogP contribution in [0.1, 0.15) is 24.8 Å². The van der Waals surface area contributed by atoms with Crippen molar-refractivity contribution in [3.05, 3.63) is 23.8 Å². The number of sulfonamides is 1. The predicted octanol–water partition coefficient (Wildman–Crippen LogP) is 2.00. The molecule has 0 atom stereocenters. The Morgan fingerprint density at radius 2 is 2.05 bits per heavy atom. The lowest BCUT2D eigenvalue weighted by atomic mass is 10.2. The average Bonchev–Trinajstić information content (AvgIpc) is 2.49. The van der Waals surface area contributed by atoms with E-state index in [-0.39, 0.29) is 11.5 Å². The molecule has 1 rings (SSSR count). The molecule has 0 fully saturated rings. The Kier molecular flexibility index (Phi) is 8.10. The molecule has 0 saturated carbocycles. The highest BCUT2D eigenvalue weighted by Crippen LogP contribution is 2.22. The molecule has 0 spiro atoms. The third-order valence-corrected chi connectivity index (χ3v) is 5.21. The highest BCUT2D eigenvalue weighted by molar-refractivity contribution is 7.98. The minimum atomic E-state index is -3.53. The van der Waals surface area contributed by atoms with Crippen LogP contribution in [0.2, 0.25) is 0 Å². The molecule has 0 aliphatic carbocycles. The first-order chi connectivity index (χ1) is 10.0. The number of aliphatic hydroxyl groups excluding tert-OH is 1. The van der Waals surface area contributed by atoms with Gasteiger partial charge < -0.3 is 9.84 Å². The number of ether oxygens (including phenoxy) is 1. The van der Waals surface area contributed by atoms with Gasteiger partial charge in [0.05, 0.1) is 18.6 Å². The molecule has 1 aromatic carbocycles. The smallest absolute Gasteiger partial charge is 0.240 e. The van der Waals surface area contributed by atoms with Crippen LogP contribution in [0.4, 0.5) is 0 Å². The van der Waals surface area contributed by atoms with Gasteiger partial charge in [-0.25, -0.2) is 13.1 Å². The molecule has 0 bridgehead atoms. The molecule has 0 aliphatic heterocycles. The summed E-state index contributed by atoms with van der Waals surface area (Å²) in [5.41, 5.74) is 0.459. The zero-order valence-corrected chi connectivity index (χ0v) is 14.1. The van der Waals surface area contributed by atoms with Crippen molar-refractivity contribution in [3.63, 3.8) is 0 Å². The van der Waals surface area contributed by atoms with Crippen molar-refractivity contribution in [3.8, 4) is 5.75 Å². The van der Waals surface area contributed by atoms with Gasteiger partial charge in [-0.1, -0.05) is 6.42 Å². The first-order valence-electron chi connectivity index (χ1n) is 6.81. The van der Waals surface area contributed by atoms with E-state index in [4.69, 9.17) is 4.74 Å². The van der Waals surface area contributed by atoms with Gasteiger partial charge >= 0.3 is 0 Å². The number of aliphatic hydroxyl groups is 1. The summed E-state index contributed by atoms with van der Waals surface area (Å²) in [6.07, 6.45) is 4.99. The molecule has 5 nitrogen and oxygen atoms in total. The first kappa shape index (κ1) is 18.3. The number of benzene rings is 1. The Hall–Kier alpha value is -0.760. The molecule has 2 N–H and O–H groups in total. The van der Waals surface area contributed by atoms with Crippen LogP contribution >= 0.6 is 11.8 Å². The first-order valence-corrected chi connectivity index (χ1v) is 9.69. The fourth-order valence-corrected chi connectivity index (χ4v) is 3.50. The molecular weight excluding hydrogens is 310 g/mol. The van der Waals surface area contributed by atoms with Crippen LogP contribution in [-0.2, 0) is 16.6 Å². The normalized spacial score (nSPS) is 11.6. The van der Waals surface area contributed by atoms with Gasteiger partial charge in [0, 0.05) is 12.1 Å². The number of hydrogen-bond donors (Lipinski definition) is 2.